The van der Waals surface area contributed by atoms with Crippen molar-refractivity contribution < 1.29 is 27.4 Å². The molecule has 0 saturated carbocycles. The fraction of sp³-hybridized carbons (Fsp3) is 0.222. The number of alkyl halides is 3. The Balaban J connectivity index is 1.40. The summed E-state index contributed by atoms with van der Waals surface area (Å²) >= 11 is 0. The number of benzene rings is 3. The second-order valence-corrected chi connectivity index (χ2v) is 8.27. The van der Waals surface area contributed by atoms with Gasteiger partial charge in [0.1, 0.15) is 11.6 Å². The van der Waals surface area contributed by atoms with Crippen LogP contribution in [-0.4, -0.2) is 50.0 Å². The Hall–Kier alpha value is -4.22. The topological polar surface area (TPSA) is 92.5 Å². The number of ether oxygens (including phenoxy) is 3. The molecule has 11 heteroatoms. The quantitative estimate of drug-likeness (QED) is 0.154. The second kappa shape index (κ2) is 12.3. The summed E-state index contributed by atoms with van der Waals surface area (Å²) in [4.78, 5) is 0. The van der Waals surface area contributed by atoms with Gasteiger partial charge in [0.05, 0.1) is 31.5 Å². The first-order valence-electron chi connectivity index (χ1n) is 11.8. The van der Waals surface area contributed by atoms with Crippen molar-refractivity contribution in [3.05, 3.63) is 79.3 Å². The van der Waals surface area contributed by atoms with Gasteiger partial charge in [0.15, 0.2) is 0 Å². The molecular formula is C27H28F3N5O3. The largest absolute Gasteiger partial charge is 0.573 e. The van der Waals surface area contributed by atoms with Gasteiger partial charge in [-0.15, -0.1) is 13.2 Å². The van der Waals surface area contributed by atoms with Crippen LogP contribution in [0.25, 0.3) is 22.0 Å². The zero-order valence-corrected chi connectivity index (χ0v) is 20.7. The lowest BCUT2D eigenvalue weighted by molar-refractivity contribution is -0.274. The minimum atomic E-state index is -4.76. The maximum atomic E-state index is 12.5. The van der Waals surface area contributed by atoms with Gasteiger partial charge in [0.25, 0.3) is 0 Å². The Kier molecular flexibility index (Phi) is 8.72. The molecule has 4 aromatic rings. The van der Waals surface area contributed by atoms with Crippen LogP contribution < -0.4 is 20.7 Å². The summed E-state index contributed by atoms with van der Waals surface area (Å²) in [6.07, 6.45) is -2.97. The molecule has 0 aliphatic rings. The summed E-state index contributed by atoms with van der Waals surface area (Å²) in [5.41, 5.74) is 4.98. The van der Waals surface area contributed by atoms with Crippen LogP contribution in [0.15, 0.2) is 79.3 Å². The number of aromatic nitrogens is 2. The number of anilines is 3. The number of methoxy groups -OCH3 is 1. The monoisotopic (exact) mass is 527 g/mol. The predicted octanol–water partition coefficient (Wildman–Crippen LogP) is 6.20. The van der Waals surface area contributed by atoms with E-state index in [4.69, 9.17) is 9.47 Å². The average Bonchev–Trinajstić information content (AvgIpc) is 3.34. The highest BCUT2D eigenvalue weighted by molar-refractivity contribution is 5.97. The molecule has 3 aromatic carbocycles. The Morgan fingerprint density at radius 1 is 0.947 bits per heavy atom. The standard InChI is InChI=1S/C27H28F3N5O3/c1-18(34-21-4-3-5-23(14-21)38-27(28,29)30)33-20-8-6-19(7-9-20)24-15-22(16-26-25(24)17-32-35-26)31-10-11-37-13-12-36-2/h3-9,14-17,31,33-34H,1,10-13H2,2H3,(H,32,35). The summed E-state index contributed by atoms with van der Waals surface area (Å²) < 4.78 is 51.9. The maximum Gasteiger partial charge on any atom is 0.573 e. The fourth-order valence-corrected chi connectivity index (χ4v) is 3.79. The molecule has 1 aromatic heterocycles. The van der Waals surface area contributed by atoms with Crippen molar-refractivity contribution >= 4 is 28.0 Å². The van der Waals surface area contributed by atoms with Gasteiger partial charge in [-0.05, 0) is 47.5 Å². The fourth-order valence-electron chi connectivity index (χ4n) is 3.79. The van der Waals surface area contributed by atoms with Gasteiger partial charge >= 0.3 is 6.36 Å². The van der Waals surface area contributed by atoms with Crippen LogP contribution >= 0.6 is 0 Å². The molecule has 4 N–H and O–H groups in total. The van der Waals surface area contributed by atoms with E-state index in [1.54, 1.807) is 19.4 Å². The van der Waals surface area contributed by atoms with Crippen LogP contribution in [0.3, 0.4) is 0 Å². The lowest BCUT2D eigenvalue weighted by Crippen LogP contribution is -2.17. The van der Waals surface area contributed by atoms with E-state index >= 15 is 0 Å². The number of hydrogen-bond donors (Lipinski definition) is 4. The van der Waals surface area contributed by atoms with E-state index in [0.29, 0.717) is 37.9 Å². The van der Waals surface area contributed by atoms with Crippen LogP contribution in [0.5, 0.6) is 5.75 Å². The Morgan fingerprint density at radius 2 is 1.74 bits per heavy atom. The van der Waals surface area contributed by atoms with Crippen LogP contribution in [0, 0.1) is 0 Å². The van der Waals surface area contributed by atoms with Gasteiger partial charge in [0.2, 0.25) is 0 Å². The number of rotatable bonds is 13. The molecule has 0 spiro atoms. The van der Waals surface area contributed by atoms with Crippen molar-refractivity contribution in [3.8, 4) is 16.9 Å². The van der Waals surface area contributed by atoms with Gasteiger partial charge in [-0.2, -0.15) is 5.10 Å². The minimum Gasteiger partial charge on any atom is -0.406 e. The van der Waals surface area contributed by atoms with Crippen LogP contribution in [0.2, 0.25) is 0 Å². The van der Waals surface area contributed by atoms with Gasteiger partial charge in [-0.3, -0.25) is 5.10 Å². The molecule has 0 aliphatic heterocycles. The zero-order chi connectivity index (χ0) is 27.0. The molecule has 0 aliphatic carbocycles. The van der Waals surface area contributed by atoms with Crippen LogP contribution in [-0.2, 0) is 9.47 Å². The molecule has 1 heterocycles. The molecular weight excluding hydrogens is 499 g/mol. The normalized spacial score (nSPS) is 11.4. The van der Waals surface area contributed by atoms with Crippen LogP contribution in [0.1, 0.15) is 0 Å². The Bertz CT molecular complexity index is 1360. The molecule has 0 amide bonds. The molecule has 0 saturated heterocycles. The first-order valence-corrected chi connectivity index (χ1v) is 11.8. The highest BCUT2D eigenvalue weighted by Gasteiger charge is 2.31. The number of fused-ring (bicyclic) bond motifs is 1. The van der Waals surface area contributed by atoms with Gasteiger partial charge in [-0.25, -0.2) is 0 Å². The second-order valence-electron chi connectivity index (χ2n) is 8.27. The van der Waals surface area contributed by atoms with Crippen molar-refractivity contribution in [2.24, 2.45) is 0 Å². The molecule has 0 fully saturated rings. The number of H-pyrrole nitrogens is 1. The van der Waals surface area contributed by atoms with E-state index in [2.05, 4.69) is 43.5 Å². The number of nitrogens with one attached hydrogen (secondary N) is 4. The van der Waals surface area contributed by atoms with Crippen molar-refractivity contribution in [1.29, 1.82) is 0 Å². The summed E-state index contributed by atoms with van der Waals surface area (Å²) in [5.74, 6) is 0.0682. The first-order chi connectivity index (χ1) is 18.3. The molecule has 8 nitrogen and oxygen atoms in total. The smallest absolute Gasteiger partial charge is 0.406 e. The van der Waals surface area contributed by atoms with Gasteiger partial charge < -0.3 is 30.2 Å². The third-order valence-corrected chi connectivity index (χ3v) is 5.42. The third-order valence-electron chi connectivity index (χ3n) is 5.42. The summed E-state index contributed by atoms with van der Waals surface area (Å²) in [6.45, 7) is 6.21. The third kappa shape index (κ3) is 7.64. The molecule has 0 unspecified atom stereocenters. The predicted molar refractivity (Wildman–Crippen MR) is 142 cm³/mol. The van der Waals surface area contributed by atoms with Crippen molar-refractivity contribution in [3.63, 3.8) is 0 Å². The minimum absolute atomic E-state index is 0.319. The van der Waals surface area contributed by atoms with E-state index in [9.17, 15) is 13.2 Å². The lowest BCUT2D eigenvalue weighted by atomic mass is 10.0. The number of hydrogen-bond acceptors (Lipinski definition) is 7. The molecule has 38 heavy (non-hydrogen) atoms. The number of nitrogens with zero attached hydrogens (tertiary/aromatic N) is 1. The number of halogens is 3. The Labute approximate surface area is 217 Å². The van der Waals surface area contributed by atoms with E-state index < -0.39 is 6.36 Å². The molecule has 0 bridgehead atoms. The lowest BCUT2D eigenvalue weighted by Gasteiger charge is -2.15. The van der Waals surface area contributed by atoms with Crippen molar-refractivity contribution in [2.75, 3.05) is 49.4 Å². The zero-order valence-electron chi connectivity index (χ0n) is 20.7. The highest BCUT2D eigenvalue weighted by atomic mass is 19.4. The van der Waals surface area contributed by atoms with Gasteiger partial charge in [-0.1, -0.05) is 24.8 Å². The SMILES string of the molecule is C=C(Nc1ccc(-c2cc(NCCOCCOC)cc3[nH]ncc23)cc1)Nc1cccc(OC(F)(F)F)c1. The van der Waals surface area contributed by atoms with E-state index in [1.807, 2.05) is 30.3 Å². The molecule has 4 rings (SSSR count). The molecule has 0 radical (unpaired) electrons. The Morgan fingerprint density at radius 3 is 2.50 bits per heavy atom. The van der Waals surface area contributed by atoms with E-state index in [1.165, 1.54) is 18.2 Å². The average molecular weight is 528 g/mol. The van der Waals surface area contributed by atoms with Crippen LogP contribution in [0.4, 0.5) is 30.2 Å². The summed E-state index contributed by atoms with van der Waals surface area (Å²) in [7, 11) is 1.64. The summed E-state index contributed by atoms with van der Waals surface area (Å²) in [5, 5.41) is 17.6. The summed E-state index contributed by atoms with van der Waals surface area (Å²) in [6, 6.07) is 17.3. The first kappa shape index (κ1) is 26.8. The van der Waals surface area contributed by atoms with E-state index in [0.717, 1.165) is 33.4 Å². The van der Waals surface area contributed by atoms with Crippen molar-refractivity contribution in [2.45, 2.75) is 6.36 Å². The van der Waals surface area contributed by atoms with Gasteiger partial charge in [0, 0.05) is 42.2 Å². The van der Waals surface area contributed by atoms with Crippen molar-refractivity contribution in [1.82, 2.24) is 10.2 Å². The number of aromatic amines is 1. The molecule has 0 atom stereocenters. The van der Waals surface area contributed by atoms with E-state index in [-0.39, 0.29) is 5.75 Å². The molecule has 200 valence electrons. The highest BCUT2D eigenvalue weighted by Crippen LogP contribution is 2.32. The maximum absolute atomic E-state index is 12.5.